The van der Waals surface area contributed by atoms with Gasteiger partial charge < -0.3 is 20.3 Å². The summed E-state index contributed by atoms with van der Waals surface area (Å²) in [5.41, 5.74) is 1.26. The lowest BCUT2D eigenvalue weighted by molar-refractivity contribution is -0.127. The molecule has 7 heteroatoms. The van der Waals surface area contributed by atoms with E-state index in [2.05, 4.69) is 27.8 Å². The second-order valence-corrected chi connectivity index (χ2v) is 8.03. The normalized spacial score (nSPS) is 16.3. The summed E-state index contributed by atoms with van der Waals surface area (Å²) < 4.78 is 18.5. The van der Waals surface area contributed by atoms with Crippen molar-refractivity contribution in [2.75, 3.05) is 39.8 Å². The van der Waals surface area contributed by atoms with Gasteiger partial charge in [0.25, 0.3) is 0 Å². The summed E-state index contributed by atoms with van der Waals surface area (Å²) >= 11 is 0. The molecule has 172 valence electrons. The highest BCUT2D eigenvalue weighted by atomic mass is 19.1. The van der Waals surface area contributed by atoms with Crippen LogP contribution in [0.4, 0.5) is 4.39 Å². The lowest BCUT2D eigenvalue weighted by atomic mass is 10.1. The van der Waals surface area contributed by atoms with E-state index >= 15 is 0 Å². The topological polar surface area (TPSA) is 66.0 Å². The van der Waals surface area contributed by atoms with Gasteiger partial charge in [0, 0.05) is 45.6 Å². The van der Waals surface area contributed by atoms with E-state index in [-0.39, 0.29) is 11.7 Å². The molecule has 0 spiro atoms. The predicted octanol–water partition coefficient (Wildman–Crippen LogP) is 3.24. The maximum absolute atomic E-state index is 12.9. The number of unbranched alkanes of at least 4 members (excludes halogenated alkanes) is 1. The molecule has 2 aromatic rings. The summed E-state index contributed by atoms with van der Waals surface area (Å²) in [5, 5.41) is 6.65. The Morgan fingerprint density at radius 2 is 1.91 bits per heavy atom. The number of guanidine groups is 1. The van der Waals surface area contributed by atoms with Crippen LogP contribution in [0.1, 0.15) is 24.8 Å². The van der Waals surface area contributed by atoms with Gasteiger partial charge in [0.05, 0.1) is 6.61 Å². The van der Waals surface area contributed by atoms with Crippen LogP contribution in [0.15, 0.2) is 59.6 Å². The second kappa shape index (κ2) is 12.7. The number of amides is 1. The molecule has 0 bridgehead atoms. The van der Waals surface area contributed by atoms with Crippen molar-refractivity contribution in [1.29, 1.82) is 0 Å². The van der Waals surface area contributed by atoms with Crippen molar-refractivity contribution < 1.29 is 13.9 Å². The first-order valence-electron chi connectivity index (χ1n) is 11.3. The number of carbonyl (C=O) groups excluding carboxylic acids is 1. The number of aliphatic imine (C=N–C) groups is 1. The summed E-state index contributed by atoms with van der Waals surface area (Å²) in [6.45, 7) is 3.64. The van der Waals surface area contributed by atoms with E-state index in [1.807, 2.05) is 23.1 Å². The van der Waals surface area contributed by atoms with Gasteiger partial charge in [-0.05, 0) is 49.1 Å². The molecular weight excluding hydrogens is 407 g/mol. The zero-order chi connectivity index (χ0) is 22.6. The Balaban J connectivity index is 1.27. The maximum atomic E-state index is 12.9. The van der Waals surface area contributed by atoms with E-state index in [0.29, 0.717) is 24.7 Å². The number of hydrogen-bond donors (Lipinski definition) is 2. The van der Waals surface area contributed by atoms with Crippen molar-refractivity contribution in [3.05, 3.63) is 66.0 Å². The smallest absolute Gasteiger partial charge is 0.223 e. The fraction of sp³-hybridized carbons (Fsp3) is 0.440. The standard InChI is InChI=1S/C25H33FN4O2/c1-27-25(28-14-5-6-16-32-23-11-9-22(26)10-12-23)29-18-21-17-24(31)30(19-21)15-13-20-7-3-2-4-8-20/h2-4,7-12,21H,5-6,13-19H2,1H3,(H2,27,28,29). The number of likely N-dealkylation sites (tertiary alicyclic amines) is 1. The van der Waals surface area contributed by atoms with Gasteiger partial charge in [0.15, 0.2) is 5.96 Å². The van der Waals surface area contributed by atoms with Crippen LogP contribution in [0.25, 0.3) is 0 Å². The van der Waals surface area contributed by atoms with Crippen LogP contribution in [-0.2, 0) is 11.2 Å². The summed E-state index contributed by atoms with van der Waals surface area (Å²) in [4.78, 5) is 18.6. The van der Waals surface area contributed by atoms with Crippen molar-refractivity contribution in [3.63, 3.8) is 0 Å². The molecule has 1 heterocycles. The fourth-order valence-corrected chi connectivity index (χ4v) is 3.73. The van der Waals surface area contributed by atoms with Crippen LogP contribution in [0, 0.1) is 11.7 Å². The Bertz CT molecular complexity index is 858. The molecule has 0 saturated carbocycles. The number of ether oxygens (including phenoxy) is 1. The quantitative estimate of drug-likeness (QED) is 0.320. The van der Waals surface area contributed by atoms with Gasteiger partial charge in [-0.25, -0.2) is 4.39 Å². The zero-order valence-corrected chi connectivity index (χ0v) is 18.7. The molecule has 1 fully saturated rings. The Kier molecular flexibility index (Phi) is 9.35. The Hall–Kier alpha value is -3.09. The summed E-state index contributed by atoms with van der Waals surface area (Å²) in [5.74, 6) is 1.69. The lowest BCUT2D eigenvalue weighted by Gasteiger charge is -2.18. The van der Waals surface area contributed by atoms with Gasteiger partial charge in [-0.15, -0.1) is 0 Å². The van der Waals surface area contributed by atoms with Crippen molar-refractivity contribution in [3.8, 4) is 5.75 Å². The van der Waals surface area contributed by atoms with Gasteiger partial charge in [-0.3, -0.25) is 9.79 Å². The third kappa shape index (κ3) is 7.87. The molecule has 1 aliphatic heterocycles. The van der Waals surface area contributed by atoms with Crippen LogP contribution in [0.2, 0.25) is 0 Å². The number of hydrogen-bond acceptors (Lipinski definition) is 3. The molecule has 1 amide bonds. The fourth-order valence-electron chi connectivity index (χ4n) is 3.73. The Labute approximate surface area is 189 Å². The average molecular weight is 441 g/mol. The number of nitrogens with one attached hydrogen (secondary N) is 2. The first kappa shape index (κ1) is 23.6. The number of benzene rings is 2. The van der Waals surface area contributed by atoms with Gasteiger partial charge in [0.1, 0.15) is 11.6 Å². The number of nitrogens with zero attached hydrogens (tertiary/aromatic N) is 2. The summed E-state index contributed by atoms with van der Waals surface area (Å²) in [6.07, 6.45) is 3.28. The highest BCUT2D eigenvalue weighted by Crippen LogP contribution is 2.17. The molecule has 6 nitrogen and oxygen atoms in total. The molecule has 2 aromatic carbocycles. The van der Waals surface area contributed by atoms with Gasteiger partial charge in [-0.1, -0.05) is 30.3 Å². The third-order valence-electron chi connectivity index (χ3n) is 5.54. The molecule has 0 radical (unpaired) electrons. The molecule has 3 rings (SSSR count). The van der Waals surface area contributed by atoms with Gasteiger partial charge in [0.2, 0.25) is 5.91 Å². The van der Waals surface area contributed by atoms with Crippen molar-refractivity contribution >= 4 is 11.9 Å². The molecule has 2 N–H and O–H groups in total. The maximum Gasteiger partial charge on any atom is 0.223 e. The van der Waals surface area contributed by atoms with E-state index in [4.69, 9.17) is 4.74 Å². The molecule has 32 heavy (non-hydrogen) atoms. The van der Waals surface area contributed by atoms with Crippen LogP contribution in [-0.4, -0.2) is 56.6 Å². The summed E-state index contributed by atoms with van der Waals surface area (Å²) in [7, 11) is 1.75. The van der Waals surface area contributed by atoms with E-state index in [1.165, 1.54) is 17.7 Å². The van der Waals surface area contributed by atoms with Crippen molar-refractivity contribution in [1.82, 2.24) is 15.5 Å². The monoisotopic (exact) mass is 440 g/mol. The first-order valence-corrected chi connectivity index (χ1v) is 11.3. The third-order valence-corrected chi connectivity index (χ3v) is 5.54. The van der Waals surface area contributed by atoms with E-state index in [0.717, 1.165) is 51.4 Å². The van der Waals surface area contributed by atoms with E-state index in [9.17, 15) is 9.18 Å². The van der Waals surface area contributed by atoms with Gasteiger partial charge >= 0.3 is 0 Å². The Morgan fingerprint density at radius 3 is 2.66 bits per heavy atom. The molecule has 1 atom stereocenters. The van der Waals surface area contributed by atoms with Crippen LogP contribution in [0.5, 0.6) is 5.75 Å². The van der Waals surface area contributed by atoms with Gasteiger partial charge in [-0.2, -0.15) is 0 Å². The largest absolute Gasteiger partial charge is 0.494 e. The van der Waals surface area contributed by atoms with Crippen LogP contribution in [0.3, 0.4) is 0 Å². The zero-order valence-electron chi connectivity index (χ0n) is 18.7. The Morgan fingerprint density at radius 1 is 1.12 bits per heavy atom. The minimum atomic E-state index is -0.262. The number of halogens is 1. The highest BCUT2D eigenvalue weighted by molar-refractivity contribution is 5.80. The van der Waals surface area contributed by atoms with Crippen molar-refractivity contribution in [2.45, 2.75) is 25.7 Å². The predicted molar refractivity (Wildman–Crippen MR) is 125 cm³/mol. The molecule has 1 saturated heterocycles. The minimum Gasteiger partial charge on any atom is -0.494 e. The second-order valence-electron chi connectivity index (χ2n) is 8.03. The van der Waals surface area contributed by atoms with E-state index < -0.39 is 0 Å². The highest BCUT2D eigenvalue weighted by Gasteiger charge is 2.29. The SMILES string of the molecule is CN=C(NCCCCOc1ccc(F)cc1)NCC1CC(=O)N(CCc2ccccc2)C1. The molecule has 1 aliphatic rings. The number of carbonyl (C=O) groups is 1. The minimum absolute atomic E-state index is 0.233. The molecule has 0 aliphatic carbocycles. The average Bonchev–Trinajstić information content (AvgIpc) is 3.18. The van der Waals surface area contributed by atoms with Crippen LogP contribution < -0.4 is 15.4 Å². The molecule has 0 aromatic heterocycles. The summed E-state index contributed by atoms with van der Waals surface area (Å²) in [6, 6.07) is 16.3. The first-order chi connectivity index (χ1) is 15.6. The van der Waals surface area contributed by atoms with Crippen LogP contribution >= 0.6 is 0 Å². The van der Waals surface area contributed by atoms with Crippen molar-refractivity contribution in [2.24, 2.45) is 10.9 Å². The van der Waals surface area contributed by atoms with E-state index in [1.54, 1.807) is 19.2 Å². The molecular formula is C25H33FN4O2. The lowest BCUT2D eigenvalue weighted by Crippen LogP contribution is -2.40. The molecule has 1 unspecified atom stereocenters. The number of rotatable bonds is 11.